The van der Waals surface area contributed by atoms with Crippen LogP contribution in [-0.4, -0.2) is 58.5 Å². The smallest absolute Gasteiger partial charge is 0.343 e. The zero-order valence-corrected chi connectivity index (χ0v) is 23.0. The SMILES string of the molecule is CCOc1cc(C=NNC(=O)CNC(=O)c2ccccc2Cl)ccc1OC(=O)c1cc(OC)c(OC)c(OC)c1. The maximum Gasteiger partial charge on any atom is 0.343 e. The number of hydrazone groups is 1. The van der Waals surface area contributed by atoms with Gasteiger partial charge in [0.15, 0.2) is 23.0 Å². The van der Waals surface area contributed by atoms with Crippen LogP contribution in [0.1, 0.15) is 33.2 Å². The van der Waals surface area contributed by atoms with Crippen molar-refractivity contribution in [3.63, 3.8) is 0 Å². The molecule has 0 aliphatic rings. The van der Waals surface area contributed by atoms with Crippen LogP contribution < -0.4 is 34.4 Å². The summed E-state index contributed by atoms with van der Waals surface area (Å²) in [4.78, 5) is 37.2. The summed E-state index contributed by atoms with van der Waals surface area (Å²) in [7, 11) is 4.35. The van der Waals surface area contributed by atoms with Crippen molar-refractivity contribution in [3.8, 4) is 28.7 Å². The Kier molecular flexibility index (Phi) is 10.7. The van der Waals surface area contributed by atoms with E-state index in [4.69, 9.17) is 35.3 Å². The molecule has 0 saturated heterocycles. The van der Waals surface area contributed by atoms with E-state index in [9.17, 15) is 14.4 Å². The molecule has 2 N–H and O–H groups in total. The van der Waals surface area contributed by atoms with Crippen LogP contribution in [0.2, 0.25) is 5.02 Å². The molecule has 2 amide bonds. The quantitative estimate of drug-likeness (QED) is 0.145. The average molecular weight is 570 g/mol. The monoisotopic (exact) mass is 569 g/mol. The van der Waals surface area contributed by atoms with Gasteiger partial charge in [-0.15, -0.1) is 0 Å². The van der Waals surface area contributed by atoms with Crippen molar-refractivity contribution in [3.05, 3.63) is 76.3 Å². The minimum absolute atomic E-state index is 0.170. The lowest BCUT2D eigenvalue weighted by Gasteiger charge is -2.15. The van der Waals surface area contributed by atoms with Gasteiger partial charge in [-0.25, -0.2) is 10.2 Å². The van der Waals surface area contributed by atoms with Crippen molar-refractivity contribution in [1.29, 1.82) is 0 Å². The van der Waals surface area contributed by atoms with E-state index >= 15 is 0 Å². The molecule has 0 fully saturated rings. The summed E-state index contributed by atoms with van der Waals surface area (Å²) in [5.41, 5.74) is 3.31. The first-order valence-corrected chi connectivity index (χ1v) is 12.3. The first kappa shape index (κ1) is 29.8. The summed E-state index contributed by atoms with van der Waals surface area (Å²) in [5, 5.41) is 6.65. The Labute approximate surface area is 236 Å². The Morgan fingerprint density at radius 3 is 2.23 bits per heavy atom. The third kappa shape index (κ3) is 7.64. The Hall–Kier alpha value is -4.77. The van der Waals surface area contributed by atoms with Gasteiger partial charge in [-0.3, -0.25) is 9.59 Å². The Morgan fingerprint density at radius 1 is 0.900 bits per heavy atom. The number of nitrogens with one attached hydrogen (secondary N) is 2. The molecule has 0 heterocycles. The van der Waals surface area contributed by atoms with Crippen molar-refractivity contribution in [2.45, 2.75) is 6.92 Å². The van der Waals surface area contributed by atoms with Gasteiger partial charge < -0.3 is 29.0 Å². The van der Waals surface area contributed by atoms with E-state index in [1.807, 2.05) is 0 Å². The molecule has 0 unspecified atom stereocenters. The third-order valence-corrected chi connectivity index (χ3v) is 5.63. The zero-order chi connectivity index (χ0) is 29.1. The minimum Gasteiger partial charge on any atom is -0.493 e. The number of carbonyl (C=O) groups excluding carboxylic acids is 3. The predicted octanol–water partition coefficient (Wildman–Crippen LogP) is 3.86. The van der Waals surface area contributed by atoms with Gasteiger partial charge in [-0.1, -0.05) is 23.7 Å². The number of amides is 2. The highest BCUT2D eigenvalue weighted by Crippen LogP contribution is 2.39. The highest BCUT2D eigenvalue weighted by Gasteiger charge is 2.20. The molecule has 11 nitrogen and oxygen atoms in total. The summed E-state index contributed by atoms with van der Waals surface area (Å²) in [6.07, 6.45) is 1.38. The van der Waals surface area contributed by atoms with Crippen LogP contribution in [0.4, 0.5) is 0 Å². The summed E-state index contributed by atoms with van der Waals surface area (Å²) in [6.45, 7) is 1.78. The van der Waals surface area contributed by atoms with Crippen LogP contribution in [0.15, 0.2) is 59.7 Å². The number of hydrogen-bond donors (Lipinski definition) is 2. The molecular weight excluding hydrogens is 542 g/mol. The number of ether oxygens (including phenoxy) is 5. The number of esters is 1. The van der Waals surface area contributed by atoms with E-state index in [0.717, 1.165) is 0 Å². The molecule has 0 aliphatic heterocycles. The number of nitrogens with zero attached hydrogens (tertiary/aromatic N) is 1. The van der Waals surface area contributed by atoms with Gasteiger partial charge in [0.25, 0.3) is 11.8 Å². The van der Waals surface area contributed by atoms with Crippen molar-refractivity contribution in [2.75, 3.05) is 34.5 Å². The van der Waals surface area contributed by atoms with Gasteiger partial charge in [-0.05, 0) is 55.0 Å². The maximum atomic E-state index is 12.9. The van der Waals surface area contributed by atoms with Crippen molar-refractivity contribution < 1.29 is 38.1 Å². The number of methoxy groups -OCH3 is 3. The number of hydrogen-bond acceptors (Lipinski definition) is 9. The topological polar surface area (TPSA) is 134 Å². The van der Waals surface area contributed by atoms with Gasteiger partial charge in [0.1, 0.15) is 0 Å². The number of halogens is 1. The zero-order valence-electron chi connectivity index (χ0n) is 22.3. The highest BCUT2D eigenvalue weighted by molar-refractivity contribution is 6.33. The lowest BCUT2D eigenvalue weighted by Crippen LogP contribution is -2.35. The second-order valence-corrected chi connectivity index (χ2v) is 8.31. The van der Waals surface area contributed by atoms with Gasteiger partial charge in [0.05, 0.1) is 56.8 Å². The van der Waals surface area contributed by atoms with Crippen LogP contribution in [0.3, 0.4) is 0 Å². The van der Waals surface area contributed by atoms with Crippen LogP contribution in [-0.2, 0) is 4.79 Å². The molecule has 0 bridgehead atoms. The standard InChI is InChI=1S/C28H28ClN3O8/c1-5-39-22-12-17(15-31-32-25(33)16-30-27(34)19-8-6-7-9-20(19)29)10-11-21(22)40-28(35)18-13-23(36-2)26(38-4)24(14-18)37-3/h6-15H,5,16H2,1-4H3,(H,30,34)(H,32,33). The molecule has 0 aromatic heterocycles. The molecule has 0 saturated carbocycles. The molecule has 0 atom stereocenters. The molecular formula is C28H28ClN3O8. The Balaban J connectivity index is 1.65. The highest BCUT2D eigenvalue weighted by atomic mass is 35.5. The van der Waals surface area contributed by atoms with Gasteiger partial charge in [-0.2, -0.15) is 5.10 Å². The molecule has 0 aliphatic carbocycles. The van der Waals surface area contributed by atoms with Gasteiger partial charge >= 0.3 is 5.97 Å². The van der Waals surface area contributed by atoms with Crippen molar-refractivity contribution >= 4 is 35.6 Å². The van der Waals surface area contributed by atoms with Crippen LogP contribution in [0.25, 0.3) is 0 Å². The lowest BCUT2D eigenvalue weighted by molar-refractivity contribution is -0.120. The van der Waals surface area contributed by atoms with Crippen LogP contribution in [0.5, 0.6) is 28.7 Å². The molecule has 210 valence electrons. The third-order valence-electron chi connectivity index (χ3n) is 5.30. The van der Waals surface area contributed by atoms with Crippen molar-refractivity contribution in [2.24, 2.45) is 5.10 Å². The summed E-state index contributed by atoms with van der Waals surface area (Å²) in [5.74, 6) is -0.301. The van der Waals surface area contributed by atoms with E-state index in [1.54, 1.807) is 43.3 Å². The molecule has 0 spiro atoms. The van der Waals surface area contributed by atoms with Crippen LogP contribution >= 0.6 is 11.6 Å². The molecule has 12 heteroatoms. The second kappa shape index (κ2) is 14.4. The Morgan fingerprint density at radius 2 is 1.60 bits per heavy atom. The van der Waals surface area contributed by atoms with E-state index in [0.29, 0.717) is 29.4 Å². The fourth-order valence-electron chi connectivity index (χ4n) is 3.43. The predicted molar refractivity (Wildman–Crippen MR) is 148 cm³/mol. The summed E-state index contributed by atoms with van der Waals surface area (Å²) < 4.78 is 27.1. The first-order chi connectivity index (χ1) is 19.3. The minimum atomic E-state index is -0.673. The Bertz CT molecular complexity index is 1390. The number of carbonyl (C=O) groups is 3. The summed E-state index contributed by atoms with van der Waals surface area (Å²) >= 11 is 5.99. The lowest BCUT2D eigenvalue weighted by atomic mass is 10.1. The normalized spacial score (nSPS) is 10.5. The molecule has 40 heavy (non-hydrogen) atoms. The second-order valence-electron chi connectivity index (χ2n) is 7.90. The van der Waals surface area contributed by atoms with E-state index in [2.05, 4.69) is 15.8 Å². The van der Waals surface area contributed by atoms with Crippen LogP contribution in [0, 0.1) is 0 Å². The molecule has 3 rings (SSSR count). The molecule has 3 aromatic rings. The van der Waals surface area contributed by atoms with E-state index < -0.39 is 17.8 Å². The van der Waals surface area contributed by atoms with E-state index in [-0.39, 0.29) is 34.2 Å². The van der Waals surface area contributed by atoms with E-state index in [1.165, 1.54) is 45.7 Å². The maximum absolute atomic E-state index is 12.9. The number of rotatable bonds is 12. The molecule has 0 radical (unpaired) electrons. The first-order valence-electron chi connectivity index (χ1n) is 11.9. The number of benzene rings is 3. The summed E-state index contributed by atoms with van der Waals surface area (Å²) in [6, 6.07) is 14.2. The molecule has 3 aromatic carbocycles. The van der Waals surface area contributed by atoms with Crippen molar-refractivity contribution in [1.82, 2.24) is 10.7 Å². The largest absolute Gasteiger partial charge is 0.493 e. The average Bonchev–Trinajstić information content (AvgIpc) is 2.96. The van der Waals surface area contributed by atoms with Gasteiger partial charge in [0.2, 0.25) is 5.75 Å². The fraction of sp³-hybridized carbons (Fsp3) is 0.214. The van der Waals surface area contributed by atoms with Gasteiger partial charge in [0, 0.05) is 0 Å². The fourth-order valence-corrected chi connectivity index (χ4v) is 3.66.